The Morgan fingerprint density at radius 1 is 0.909 bits per heavy atom. The summed E-state index contributed by atoms with van der Waals surface area (Å²) in [6, 6.07) is 10.7. The molecule has 0 saturated carbocycles. The first-order chi connectivity index (χ1) is 15.7. The molecule has 2 aliphatic rings. The van der Waals surface area contributed by atoms with Crippen LogP contribution in [-0.4, -0.2) is 70.8 Å². The van der Waals surface area contributed by atoms with Crippen LogP contribution in [0.1, 0.15) is 18.4 Å². The molecule has 2 heterocycles. The molecule has 9 nitrogen and oxygen atoms in total. The van der Waals surface area contributed by atoms with E-state index in [-0.39, 0.29) is 28.0 Å². The van der Waals surface area contributed by atoms with E-state index >= 15 is 0 Å². The first-order valence-corrected chi connectivity index (χ1v) is 13.5. The summed E-state index contributed by atoms with van der Waals surface area (Å²) in [6.07, 6.45) is 1.06. The summed E-state index contributed by atoms with van der Waals surface area (Å²) in [7, 11) is -7.99. The second-order valence-corrected chi connectivity index (χ2v) is 11.5. The molecule has 1 amide bonds. The normalized spacial score (nSPS) is 20.0. The molecule has 0 aromatic heterocycles. The van der Waals surface area contributed by atoms with Gasteiger partial charge in [-0.2, -0.15) is 12.7 Å². The van der Waals surface area contributed by atoms with Crippen LogP contribution in [-0.2, 0) is 29.7 Å². The van der Waals surface area contributed by atoms with Crippen molar-refractivity contribution in [3.05, 3.63) is 54.1 Å². The largest absolute Gasteiger partial charge is 0.379 e. The molecule has 2 aliphatic heterocycles. The van der Waals surface area contributed by atoms with Crippen LogP contribution in [0.25, 0.3) is 0 Å². The van der Waals surface area contributed by atoms with E-state index in [1.54, 1.807) is 17.0 Å². The van der Waals surface area contributed by atoms with Crippen LogP contribution in [0.15, 0.2) is 58.3 Å². The number of aryl methyl sites for hydroxylation is 1. The van der Waals surface area contributed by atoms with Gasteiger partial charge in [0, 0.05) is 19.6 Å². The minimum absolute atomic E-state index is 0.00288. The number of ether oxygens (including phenoxy) is 1. The lowest BCUT2D eigenvalue weighted by Crippen LogP contribution is -2.50. The molecule has 2 aromatic carbocycles. The molecule has 0 unspecified atom stereocenters. The fourth-order valence-corrected chi connectivity index (χ4v) is 6.53. The van der Waals surface area contributed by atoms with Crippen LogP contribution in [0.3, 0.4) is 0 Å². The zero-order valence-electron chi connectivity index (χ0n) is 18.2. The molecule has 2 aromatic rings. The molecule has 0 bridgehead atoms. The molecular weight excluding hydrogens is 468 g/mol. The lowest BCUT2D eigenvalue weighted by molar-refractivity contribution is -0.138. The topological polar surface area (TPSA) is 110 Å². The van der Waals surface area contributed by atoms with E-state index in [9.17, 15) is 21.6 Å². The van der Waals surface area contributed by atoms with E-state index in [0.717, 1.165) is 5.56 Å². The Bertz CT molecular complexity index is 1200. The molecule has 11 heteroatoms. The highest BCUT2D eigenvalue weighted by molar-refractivity contribution is 7.89. The Morgan fingerprint density at radius 3 is 2.15 bits per heavy atom. The lowest BCUT2D eigenvalue weighted by atomic mass is 10.2. The molecule has 0 N–H and O–H groups in total. The van der Waals surface area contributed by atoms with E-state index in [4.69, 9.17) is 8.92 Å². The van der Waals surface area contributed by atoms with Crippen LogP contribution >= 0.6 is 0 Å². The monoisotopic (exact) mass is 494 g/mol. The number of morpholine rings is 1. The van der Waals surface area contributed by atoms with Crippen molar-refractivity contribution < 1.29 is 30.6 Å². The third-order valence-corrected chi connectivity index (χ3v) is 8.94. The third-order valence-electron chi connectivity index (χ3n) is 5.76. The van der Waals surface area contributed by atoms with Crippen molar-refractivity contribution in [3.63, 3.8) is 0 Å². The van der Waals surface area contributed by atoms with Gasteiger partial charge in [-0.15, -0.1) is 0 Å². The van der Waals surface area contributed by atoms with Crippen LogP contribution in [0.4, 0.5) is 0 Å². The molecule has 0 radical (unpaired) electrons. The Hall–Kier alpha value is -2.47. The van der Waals surface area contributed by atoms with Gasteiger partial charge in [0.15, 0.2) is 0 Å². The van der Waals surface area contributed by atoms with Crippen molar-refractivity contribution >= 4 is 26.0 Å². The van der Waals surface area contributed by atoms with Gasteiger partial charge in [-0.1, -0.05) is 17.7 Å². The Morgan fingerprint density at radius 2 is 1.52 bits per heavy atom. The maximum atomic E-state index is 13.3. The van der Waals surface area contributed by atoms with Crippen molar-refractivity contribution in [1.82, 2.24) is 9.21 Å². The van der Waals surface area contributed by atoms with Gasteiger partial charge in [0.25, 0.3) is 0 Å². The Labute approximate surface area is 194 Å². The summed E-state index contributed by atoms with van der Waals surface area (Å²) in [4.78, 5) is 14.6. The molecule has 0 spiro atoms. The van der Waals surface area contributed by atoms with Crippen molar-refractivity contribution in [3.8, 4) is 5.75 Å². The van der Waals surface area contributed by atoms with Crippen LogP contribution in [0.2, 0.25) is 0 Å². The number of carbonyl (C=O) groups is 1. The van der Waals surface area contributed by atoms with Gasteiger partial charge < -0.3 is 13.8 Å². The SMILES string of the molecule is Cc1ccc(S(=O)(=O)Oc2ccc(S(=O)(=O)N3CCC[C@H]3C(=O)N3CCOCC3)cc2)cc1. The van der Waals surface area contributed by atoms with Crippen LogP contribution in [0, 0.1) is 6.92 Å². The molecular formula is C22H26N2O7S2. The van der Waals surface area contributed by atoms with Gasteiger partial charge in [0.1, 0.15) is 16.7 Å². The summed E-state index contributed by atoms with van der Waals surface area (Å²) in [5, 5.41) is 0. The molecule has 1 atom stereocenters. The minimum atomic E-state index is -4.05. The minimum Gasteiger partial charge on any atom is -0.379 e. The number of hydrogen-bond donors (Lipinski definition) is 0. The highest BCUT2D eigenvalue weighted by atomic mass is 32.2. The van der Waals surface area contributed by atoms with Gasteiger partial charge in [0.2, 0.25) is 15.9 Å². The zero-order valence-corrected chi connectivity index (χ0v) is 19.8. The Balaban J connectivity index is 1.50. The molecule has 2 saturated heterocycles. The average Bonchev–Trinajstić information content (AvgIpc) is 3.30. The second-order valence-electron chi connectivity index (χ2n) is 8.03. The van der Waals surface area contributed by atoms with E-state index in [1.807, 2.05) is 6.92 Å². The fourth-order valence-electron chi connectivity index (χ4n) is 3.95. The second kappa shape index (κ2) is 9.41. The summed E-state index contributed by atoms with van der Waals surface area (Å²) in [6.45, 7) is 3.88. The number of benzene rings is 2. The summed E-state index contributed by atoms with van der Waals surface area (Å²) in [5.74, 6) is -0.208. The first-order valence-electron chi connectivity index (χ1n) is 10.7. The molecule has 178 valence electrons. The molecule has 33 heavy (non-hydrogen) atoms. The van der Waals surface area contributed by atoms with E-state index < -0.39 is 26.2 Å². The van der Waals surface area contributed by atoms with Crippen molar-refractivity contribution in [2.24, 2.45) is 0 Å². The Kier molecular flexibility index (Phi) is 6.76. The summed E-state index contributed by atoms with van der Waals surface area (Å²) < 4.78 is 63.1. The van der Waals surface area contributed by atoms with Crippen molar-refractivity contribution in [2.75, 3.05) is 32.8 Å². The number of sulfonamides is 1. The average molecular weight is 495 g/mol. The standard InChI is InChI=1S/C22H26N2O7S2/c1-17-4-8-20(9-5-17)33(28,29)31-18-6-10-19(11-7-18)32(26,27)24-12-2-3-21(24)22(25)23-13-15-30-16-14-23/h4-11,21H,2-3,12-16H2,1H3/t21-/m0/s1. The third kappa shape index (κ3) is 5.06. The predicted molar refractivity (Wildman–Crippen MR) is 120 cm³/mol. The number of nitrogens with zero attached hydrogens (tertiary/aromatic N) is 2. The maximum absolute atomic E-state index is 13.3. The van der Waals surface area contributed by atoms with Crippen LogP contribution in [0.5, 0.6) is 5.75 Å². The summed E-state index contributed by atoms with van der Waals surface area (Å²) >= 11 is 0. The van der Waals surface area contributed by atoms with E-state index in [2.05, 4.69) is 0 Å². The van der Waals surface area contributed by atoms with Crippen LogP contribution < -0.4 is 4.18 Å². The van der Waals surface area contributed by atoms with E-state index in [0.29, 0.717) is 39.1 Å². The number of rotatable bonds is 6. The highest BCUT2D eigenvalue weighted by Gasteiger charge is 2.41. The highest BCUT2D eigenvalue weighted by Crippen LogP contribution is 2.29. The first kappa shape index (κ1) is 23.7. The van der Waals surface area contributed by atoms with Gasteiger partial charge in [0.05, 0.1) is 18.1 Å². The van der Waals surface area contributed by atoms with Gasteiger partial charge >= 0.3 is 10.1 Å². The molecule has 4 rings (SSSR count). The summed E-state index contributed by atoms with van der Waals surface area (Å²) in [5.41, 5.74) is 0.913. The van der Waals surface area contributed by atoms with E-state index in [1.165, 1.54) is 40.7 Å². The smallest absolute Gasteiger partial charge is 0.339 e. The molecule has 0 aliphatic carbocycles. The number of amides is 1. The van der Waals surface area contributed by atoms with Gasteiger partial charge in [-0.3, -0.25) is 4.79 Å². The lowest BCUT2D eigenvalue weighted by Gasteiger charge is -2.32. The number of carbonyl (C=O) groups excluding carboxylic acids is 1. The quantitative estimate of drug-likeness (QED) is 0.563. The van der Waals surface area contributed by atoms with Crippen molar-refractivity contribution in [2.45, 2.75) is 35.6 Å². The van der Waals surface area contributed by atoms with Gasteiger partial charge in [-0.25, -0.2) is 8.42 Å². The van der Waals surface area contributed by atoms with Crippen molar-refractivity contribution in [1.29, 1.82) is 0 Å². The zero-order chi connectivity index (χ0) is 23.6. The van der Waals surface area contributed by atoms with Gasteiger partial charge in [-0.05, 0) is 56.2 Å². The fraction of sp³-hybridized carbons (Fsp3) is 0.409. The number of hydrogen-bond acceptors (Lipinski definition) is 7. The molecule has 2 fully saturated rings. The predicted octanol–water partition coefficient (Wildman–Crippen LogP) is 1.77. The maximum Gasteiger partial charge on any atom is 0.339 e.